The molecule has 1 unspecified atom stereocenters. The number of nitrogens with zero attached hydrogens (tertiary/aromatic N) is 1. The summed E-state index contributed by atoms with van der Waals surface area (Å²) in [5.41, 5.74) is 3.38. The molecule has 1 heterocycles. The molecule has 0 aliphatic carbocycles. The van der Waals surface area contributed by atoms with Crippen molar-refractivity contribution in [1.29, 1.82) is 0 Å². The first-order chi connectivity index (χ1) is 18.0. The maximum Gasteiger partial charge on any atom is 0.253 e. The van der Waals surface area contributed by atoms with Gasteiger partial charge in [0.2, 0.25) is 5.91 Å². The summed E-state index contributed by atoms with van der Waals surface area (Å²) >= 11 is 0. The topological polar surface area (TPSA) is 99.8 Å². The van der Waals surface area contributed by atoms with Crippen LogP contribution in [0.5, 0.6) is 0 Å². The number of rotatable bonds is 10. The zero-order valence-electron chi connectivity index (χ0n) is 20.9. The van der Waals surface area contributed by atoms with Crippen LogP contribution in [0.25, 0.3) is 0 Å². The number of nitrogens with one attached hydrogen (secondary N) is 3. The fourth-order valence-electron chi connectivity index (χ4n) is 4.12. The Morgan fingerprint density at radius 2 is 1.70 bits per heavy atom. The Morgan fingerprint density at radius 1 is 0.919 bits per heavy atom. The molecule has 3 aromatic carbocycles. The van der Waals surface area contributed by atoms with Crippen molar-refractivity contribution < 1.29 is 19.1 Å². The van der Waals surface area contributed by atoms with Crippen LogP contribution in [-0.2, 0) is 16.1 Å². The third-order valence-electron chi connectivity index (χ3n) is 6.12. The number of carbonyl (C=O) groups is 3. The van der Waals surface area contributed by atoms with Crippen LogP contribution in [0.1, 0.15) is 39.1 Å². The SMILES string of the molecule is CN(Cc1ccccc1)C(=O)c1cccc(NCC(=O)Nc2ccc(C(=O)NCC3CCCO3)cc2)c1. The van der Waals surface area contributed by atoms with Crippen LogP contribution in [0, 0.1) is 0 Å². The lowest BCUT2D eigenvalue weighted by molar-refractivity contribution is -0.114. The second kappa shape index (κ2) is 12.7. The Kier molecular flexibility index (Phi) is 8.89. The molecular weight excluding hydrogens is 468 g/mol. The molecule has 1 aliphatic heterocycles. The maximum absolute atomic E-state index is 12.8. The first-order valence-electron chi connectivity index (χ1n) is 12.4. The molecule has 0 spiro atoms. The average Bonchev–Trinajstić information content (AvgIpc) is 3.45. The number of benzene rings is 3. The van der Waals surface area contributed by atoms with Crippen molar-refractivity contribution in [2.45, 2.75) is 25.5 Å². The molecular formula is C29H32N4O4. The second-order valence-corrected chi connectivity index (χ2v) is 9.05. The van der Waals surface area contributed by atoms with E-state index in [0.717, 1.165) is 25.0 Å². The van der Waals surface area contributed by atoms with E-state index in [1.165, 1.54) is 0 Å². The molecule has 3 N–H and O–H groups in total. The number of carbonyl (C=O) groups excluding carboxylic acids is 3. The monoisotopic (exact) mass is 500 g/mol. The summed E-state index contributed by atoms with van der Waals surface area (Å²) in [6, 6.07) is 23.6. The lowest BCUT2D eigenvalue weighted by atomic mass is 10.1. The Morgan fingerprint density at radius 3 is 2.43 bits per heavy atom. The highest BCUT2D eigenvalue weighted by Crippen LogP contribution is 2.15. The highest BCUT2D eigenvalue weighted by Gasteiger charge is 2.17. The van der Waals surface area contributed by atoms with Gasteiger partial charge in [-0.25, -0.2) is 0 Å². The molecule has 1 saturated heterocycles. The summed E-state index contributed by atoms with van der Waals surface area (Å²) in [7, 11) is 1.77. The fourth-order valence-corrected chi connectivity index (χ4v) is 4.12. The van der Waals surface area contributed by atoms with E-state index in [9.17, 15) is 14.4 Å². The van der Waals surface area contributed by atoms with Crippen molar-refractivity contribution in [2.75, 3.05) is 37.4 Å². The van der Waals surface area contributed by atoms with E-state index in [-0.39, 0.29) is 30.4 Å². The van der Waals surface area contributed by atoms with Crippen molar-refractivity contribution in [3.05, 3.63) is 95.6 Å². The summed E-state index contributed by atoms with van der Waals surface area (Å²) in [5, 5.41) is 8.76. The maximum atomic E-state index is 12.8. The molecule has 0 radical (unpaired) electrons. The molecule has 0 saturated carbocycles. The van der Waals surface area contributed by atoms with Crippen LogP contribution in [0.2, 0.25) is 0 Å². The third kappa shape index (κ3) is 7.65. The van der Waals surface area contributed by atoms with Gasteiger partial charge in [-0.1, -0.05) is 36.4 Å². The van der Waals surface area contributed by atoms with Crippen LogP contribution in [0.4, 0.5) is 11.4 Å². The largest absolute Gasteiger partial charge is 0.376 e. The molecule has 192 valence electrons. The van der Waals surface area contributed by atoms with Crippen LogP contribution in [-0.4, -0.2) is 55.5 Å². The smallest absolute Gasteiger partial charge is 0.253 e. The van der Waals surface area contributed by atoms with Gasteiger partial charge in [0, 0.05) is 49.2 Å². The zero-order valence-corrected chi connectivity index (χ0v) is 20.9. The molecule has 4 rings (SSSR count). The van der Waals surface area contributed by atoms with Crippen LogP contribution >= 0.6 is 0 Å². The predicted octanol–water partition coefficient (Wildman–Crippen LogP) is 3.92. The third-order valence-corrected chi connectivity index (χ3v) is 6.12. The Bertz CT molecular complexity index is 1210. The molecule has 0 bridgehead atoms. The summed E-state index contributed by atoms with van der Waals surface area (Å²) < 4.78 is 5.52. The Labute approximate surface area is 217 Å². The van der Waals surface area contributed by atoms with Crippen molar-refractivity contribution in [3.8, 4) is 0 Å². The van der Waals surface area contributed by atoms with Gasteiger partial charge >= 0.3 is 0 Å². The molecule has 0 aromatic heterocycles. The van der Waals surface area contributed by atoms with Gasteiger partial charge in [-0.15, -0.1) is 0 Å². The van der Waals surface area contributed by atoms with Crippen molar-refractivity contribution in [3.63, 3.8) is 0 Å². The van der Waals surface area contributed by atoms with E-state index in [1.54, 1.807) is 54.4 Å². The molecule has 3 amide bonds. The molecule has 8 heteroatoms. The number of anilines is 2. The summed E-state index contributed by atoms with van der Waals surface area (Å²) in [6.07, 6.45) is 2.08. The first-order valence-corrected chi connectivity index (χ1v) is 12.4. The summed E-state index contributed by atoms with van der Waals surface area (Å²) in [4.78, 5) is 39.3. The highest BCUT2D eigenvalue weighted by molar-refractivity contribution is 5.97. The van der Waals surface area contributed by atoms with Gasteiger partial charge in [-0.3, -0.25) is 14.4 Å². The Hall–Kier alpha value is -4.17. The van der Waals surface area contributed by atoms with E-state index < -0.39 is 0 Å². The second-order valence-electron chi connectivity index (χ2n) is 9.05. The minimum Gasteiger partial charge on any atom is -0.376 e. The standard InChI is InChI=1S/C29H32N4O4/c1-33(20-21-7-3-2-4-8-21)29(36)23-9-5-10-25(17-23)30-19-27(34)32-24-14-12-22(13-15-24)28(35)31-18-26-11-6-16-37-26/h2-5,7-10,12-15,17,26,30H,6,11,16,18-20H2,1H3,(H,31,35)(H,32,34). The summed E-state index contributed by atoms with van der Waals surface area (Å²) in [6.45, 7) is 1.79. The van der Waals surface area contributed by atoms with Crippen LogP contribution < -0.4 is 16.0 Å². The highest BCUT2D eigenvalue weighted by atomic mass is 16.5. The quantitative estimate of drug-likeness (QED) is 0.392. The fraction of sp³-hybridized carbons (Fsp3) is 0.276. The molecule has 1 atom stereocenters. The van der Waals surface area contributed by atoms with Crippen LogP contribution in [0.3, 0.4) is 0 Å². The molecule has 8 nitrogen and oxygen atoms in total. The van der Waals surface area contributed by atoms with E-state index >= 15 is 0 Å². The number of amides is 3. The molecule has 1 aliphatic rings. The van der Waals surface area contributed by atoms with Crippen molar-refractivity contribution in [1.82, 2.24) is 10.2 Å². The van der Waals surface area contributed by atoms with E-state index in [0.29, 0.717) is 35.6 Å². The van der Waals surface area contributed by atoms with Gasteiger partial charge in [-0.2, -0.15) is 0 Å². The van der Waals surface area contributed by atoms with Gasteiger partial charge < -0.3 is 25.6 Å². The molecule has 1 fully saturated rings. The Balaban J connectivity index is 1.24. The van der Waals surface area contributed by atoms with Gasteiger partial charge in [0.1, 0.15) is 0 Å². The van der Waals surface area contributed by atoms with Gasteiger partial charge in [0.05, 0.1) is 12.6 Å². The summed E-state index contributed by atoms with van der Waals surface area (Å²) in [5.74, 6) is -0.510. The van der Waals surface area contributed by atoms with E-state index in [4.69, 9.17) is 4.74 Å². The van der Waals surface area contributed by atoms with E-state index in [1.807, 2.05) is 36.4 Å². The number of ether oxygens (including phenoxy) is 1. The normalized spacial score (nSPS) is 14.6. The lowest BCUT2D eigenvalue weighted by Crippen LogP contribution is -2.31. The number of hydrogen-bond donors (Lipinski definition) is 3. The molecule has 3 aromatic rings. The minimum absolute atomic E-state index is 0.0289. The predicted molar refractivity (Wildman–Crippen MR) is 144 cm³/mol. The molecule has 37 heavy (non-hydrogen) atoms. The number of hydrogen-bond acceptors (Lipinski definition) is 5. The average molecular weight is 501 g/mol. The first kappa shape index (κ1) is 25.9. The van der Waals surface area contributed by atoms with E-state index in [2.05, 4.69) is 16.0 Å². The van der Waals surface area contributed by atoms with Gasteiger partial charge in [0.15, 0.2) is 0 Å². The van der Waals surface area contributed by atoms with Crippen molar-refractivity contribution in [2.24, 2.45) is 0 Å². The van der Waals surface area contributed by atoms with Crippen LogP contribution in [0.15, 0.2) is 78.9 Å². The minimum atomic E-state index is -0.242. The lowest BCUT2D eigenvalue weighted by Gasteiger charge is -2.18. The van der Waals surface area contributed by atoms with Crippen molar-refractivity contribution >= 4 is 29.1 Å². The zero-order chi connectivity index (χ0) is 26.0. The van der Waals surface area contributed by atoms with Gasteiger partial charge in [0.25, 0.3) is 11.8 Å². The van der Waals surface area contributed by atoms with Gasteiger partial charge in [-0.05, 0) is 60.9 Å².